The number of carbonyl (C=O) groups excluding carboxylic acids is 1. The lowest BCUT2D eigenvalue weighted by atomic mass is 9.91. The number of carbonyl (C=O) groups is 1. The third-order valence-corrected chi connectivity index (χ3v) is 6.15. The van der Waals surface area contributed by atoms with Crippen LogP contribution in [-0.4, -0.2) is 47.1 Å². The van der Waals surface area contributed by atoms with Crippen molar-refractivity contribution in [2.45, 2.75) is 64.1 Å². The first kappa shape index (κ1) is 23.9. The molecule has 1 fully saturated rings. The topological polar surface area (TPSA) is 103 Å². The molecule has 4 N–H and O–H groups in total. The minimum Gasteiger partial charge on any atom is -0.493 e. The summed E-state index contributed by atoms with van der Waals surface area (Å²) in [7, 11) is 3.23. The molecule has 1 aliphatic carbocycles. The van der Waals surface area contributed by atoms with Crippen molar-refractivity contribution >= 4 is 17.4 Å². The van der Waals surface area contributed by atoms with E-state index in [0.29, 0.717) is 22.7 Å². The number of nitrogens with two attached hydrogens (primary N) is 1. The summed E-state index contributed by atoms with van der Waals surface area (Å²) in [6.07, 6.45) is 5.62. The van der Waals surface area contributed by atoms with E-state index in [9.17, 15) is 4.79 Å². The summed E-state index contributed by atoms with van der Waals surface area (Å²) in [6, 6.07) is 9.83. The Labute approximate surface area is 200 Å². The van der Waals surface area contributed by atoms with Crippen molar-refractivity contribution in [3.8, 4) is 22.8 Å². The van der Waals surface area contributed by atoms with Gasteiger partial charge in [-0.05, 0) is 76.8 Å². The first-order chi connectivity index (χ1) is 16.2. The van der Waals surface area contributed by atoms with Crippen molar-refractivity contribution in [1.82, 2.24) is 14.7 Å². The predicted molar refractivity (Wildman–Crippen MR) is 135 cm³/mol. The minimum atomic E-state index is -0.195. The molecular formula is C26H35N5O3. The molecule has 0 aliphatic heterocycles. The first-order valence-corrected chi connectivity index (χ1v) is 11.8. The van der Waals surface area contributed by atoms with Gasteiger partial charge in [0.25, 0.3) is 5.91 Å². The van der Waals surface area contributed by atoms with Gasteiger partial charge in [-0.15, -0.1) is 0 Å². The number of nitrogens with one attached hydrogen (secondary N) is 2. The van der Waals surface area contributed by atoms with Crippen molar-refractivity contribution in [2.75, 3.05) is 19.5 Å². The van der Waals surface area contributed by atoms with Gasteiger partial charge in [-0.25, -0.2) is 4.98 Å². The van der Waals surface area contributed by atoms with Crippen molar-refractivity contribution in [2.24, 2.45) is 5.73 Å². The Morgan fingerprint density at radius 1 is 1.06 bits per heavy atom. The molecule has 8 heteroatoms. The Morgan fingerprint density at radius 2 is 1.76 bits per heavy atom. The lowest BCUT2D eigenvalue weighted by Crippen LogP contribution is -2.40. The van der Waals surface area contributed by atoms with Crippen LogP contribution in [0.25, 0.3) is 16.9 Å². The number of methoxy groups -OCH3 is 2. The molecule has 1 amide bonds. The van der Waals surface area contributed by atoms with Crippen LogP contribution in [0.15, 0.2) is 36.5 Å². The normalized spacial score (nSPS) is 18.5. The lowest BCUT2D eigenvalue weighted by Gasteiger charge is -2.26. The van der Waals surface area contributed by atoms with Crippen LogP contribution < -0.4 is 25.8 Å². The maximum Gasteiger partial charge on any atom is 0.251 e. The van der Waals surface area contributed by atoms with Gasteiger partial charge in [0, 0.05) is 34.9 Å². The number of ether oxygens (including phenoxy) is 2. The summed E-state index contributed by atoms with van der Waals surface area (Å²) in [5, 5.41) is 6.73. The number of aromatic nitrogens is 2. The maximum atomic E-state index is 13.0. The second-order valence-electron chi connectivity index (χ2n) is 9.98. The van der Waals surface area contributed by atoms with E-state index in [1.165, 1.54) is 0 Å². The van der Waals surface area contributed by atoms with Gasteiger partial charge in [0.05, 0.1) is 14.2 Å². The Hall–Kier alpha value is -3.26. The minimum absolute atomic E-state index is 0.0797. The number of hydrogen-bond acceptors (Lipinski definition) is 6. The van der Waals surface area contributed by atoms with Crippen LogP contribution in [0.2, 0.25) is 0 Å². The Morgan fingerprint density at radius 3 is 2.41 bits per heavy atom. The second kappa shape index (κ2) is 9.54. The smallest absolute Gasteiger partial charge is 0.251 e. The molecule has 0 radical (unpaired) electrons. The molecule has 0 unspecified atom stereocenters. The summed E-state index contributed by atoms with van der Waals surface area (Å²) < 4.78 is 12.9. The van der Waals surface area contributed by atoms with Crippen LogP contribution in [0.3, 0.4) is 0 Å². The summed E-state index contributed by atoms with van der Waals surface area (Å²) in [4.78, 5) is 17.9. The molecule has 3 aromatic rings. The highest BCUT2D eigenvalue weighted by molar-refractivity contribution is 5.95. The largest absolute Gasteiger partial charge is 0.493 e. The van der Waals surface area contributed by atoms with Crippen LogP contribution in [0.4, 0.5) is 5.82 Å². The third-order valence-electron chi connectivity index (χ3n) is 6.15. The molecule has 2 heterocycles. The average molecular weight is 466 g/mol. The first-order valence-electron chi connectivity index (χ1n) is 11.8. The summed E-state index contributed by atoms with van der Waals surface area (Å²) in [6.45, 7) is 6.30. The summed E-state index contributed by atoms with van der Waals surface area (Å²) in [5.41, 5.74) is 8.74. The van der Waals surface area contributed by atoms with Crippen LogP contribution >= 0.6 is 0 Å². The van der Waals surface area contributed by atoms with Crippen molar-refractivity contribution in [3.63, 3.8) is 0 Å². The zero-order chi connectivity index (χ0) is 24.5. The van der Waals surface area contributed by atoms with Gasteiger partial charge in [0.2, 0.25) is 0 Å². The van der Waals surface area contributed by atoms with Crippen molar-refractivity contribution in [1.29, 1.82) is 0 Å². The van der Waals surface area contributed by atoms with Gasteiger partial charge < -0.3 is 25.8 Å². The molecule has 1 saturated carbocycles. The molecule has 0 spiro atoms. The van der Waals surface area contributed by atoms with Gasteiger partial charge in [-0.3, -0.25) is 9.20 Å². The number of pyridine rings is 1. The lowest BCUT2D eigenvalue weighted by molar-refractivity contribution is 0.0926. The Kier molecular flexibility index (Phi) is 6.70. The van der Waals surface area contributed by atoms with Crippen LogP contribution in [0.1, 0.15) is 56.8 Å². The molecule has 182 valence electrons. The van der Waals surface area contributed by atoms with Crippen LogP contribution in [0.5, 0.6) is 11.5 Å². The van der Waals surface area contributed by atoms with Gasteiger partial charge in [0.15, 0.2) is 11.5 Å². The molecule has 34 heavy (non-hydrogen) atoms. The summed E-state index contributed by atoms with van der Waals surface area (Å²) >= 11 is 0. The number of fused-ring (bicyclic) bond motifs is 1. The number of nitrogens with zero attached hydrogens (tertiary/aromatic N) is 2. The molecule has 0 bridgehead atoms. The van der Waals surface area contributed by atoms with Gasteiger partial charge in [0.1, 0.15) is 17.2 Å². The number of rotatable bonds is 6. The number of amides is 1. The third kappa shape index (κ3) is 5.12. The highest BCUT2D eigenvalue weighted by Crippen LogP contribution is 2.36. The van der Waals surface area contributed by atoms with Gasteiger partial charge in [-0.1, -0.05) is 0 Å². The maximum absolute atomic E-state index is 13.0. The van der Waals surface area contributed by atoms with Gasteiger partial charge in [-0.2, -0.15) is 0 Å². The predicted octanol–water partition coefficient (Wildman–Crippen LogP) is 4.23. The van der Waals surface area contributed by atoms with E-state index in [2.05, 4.69) is 31.4 Å². The molecular weight excluding hydrogens is 430 g/mol. The van der Waals surface area contributed by atoms with E-state index in [-0.39, 0.29) is 23.5 Å². The summed E-state index contributed by atoms with van der Waals surface area (Å²) in [5.74, 6) is 2.06. The zero-order valence-electron chi connectivity index (χ0n) is 20.6. The van der Waals surface area contributed by atoms with Crippen molar-refractivity contribution in [3.05, 3.63) is 42.1 Å². The van der Waals surface area contributed by atoms with E-state index in [1.807, 2.05) is 40.9 Å². The van der Waals surface area contributed by atoms with Gasteiger partial charge >= 0.3 is 0 Å². The highest BCUT2D eigenvalue weighted by atomic mass is 16.5. The fourth-order valence-electron chi connectivity index (χ4n) is 4.38. The van der Waals surface area contributed by atoms with E-state index in [1.54, 1.807) is 14.2 Å². The molecule has 8 nitrogen and oxygen atoms in total. The molecule has 0 atom stereocenters. The quantitative estimate of drug-likeness (QED) is 0.503. The van der Waals surface area contributed by atoms with E-state index < -0.39 is 0 Å². The average Bonchev–Trinajstić information content (AvgIpc) is 3.16. The fraction of sp³-hybridized carbons (Fsp3) is 0.462. The SMILES string of the molecule is COc1ccc(-c2nc3cc(C(=O)NC4CCC(N)CC4)ccn3c2NC(C)(C)C)cc1OC. The zero-order valence-corrected chi connectivity index (χ0v) is 20.6. The van der Waals surface area contributed by atoms with Crippen LogP contribution in [0, 0.1) is 0 Å². The Bertz CT molecular complexity index is 1170. The fourth-order valence-corrected chi connectivity index (χ4v) is 4.38. The molecule has 1 aliphatic rings. The van der Waals surface area contributed by atoms with E-state index in [0.717, 1.165) is 42.8 Å². The van der Waals surface area contributed by atoms with Crippen LogP contribution in [-0.2, 0) is 0 Å². The standard InChI is InChI=1S/C26H35N5O3/c1-26(2,3)30-24-23(16-6-11-20(33-4)21(14-16)34-5)29-22-15-17(12-13-31(22)24)25(32)28-19-9-7-18(27)8-10-19/h6,11-15,18-19,30H,7-10,27H2,1-5H3,(H,28,32). The highest BCUT2D eigenvalue weighted by Gasteiger charge is 2.23. The van der Waals surface area contributed by atoms with E-state index >= 15 is 0 Å². The number of imidazole rings is 1. The van der Waals surface area contributed by atoms with Crippen molar-refractivity contribution < 1.29 is 14.3 Å². The Balaban J connectivity index is 1.71. The molecule has 2 aromatic heterocycles. The van der Waals surface area contributed by atoms with E-state index in [4.69, 9.17) is 20.2 Å². The molecule has 1 aromatic carbocycles. The monoisotopic (exact) mass is 465 g/mol. The molecule has 0 saturated heterocycles. The molecule has 4 rings (SSSR count). The number of hydrogen-bond donors (Lipinski definition) is 3. The second-order valence-corrected chi connectivity index (χ2v) is 9.98. The number of benzene rings is 1. The number of anilines is 1.